The SMILES string of the molecule is C=CC(C)=C(C(=C)C)S(=O)(=O)NC(c1ccccc1)C(NCCOCC1=CCC(C)=CC1)c1ccccc1. The topological polar surface area (TPSA) is 67.4 Å². The Morgan fingerprint density at radius 2 is 1.58 bits per heavy atom. The van der Waals surface area contributed by atoms with Crippen LogP contribution in [0.5, 0.6) is 0 Å². The average molecular weight is 533 g/mol. The van der Waals surface area contributed by atoms with Crippen LogP contribution in [0.3, 0.4) is 0 Å². The molecule has 2 aromatic carbocycles. The molecule has 3 rings (SSSR count). The predicted molar refractivity (Wildman–Crippen MR) is 158 cm³/mol. The summed E-state index contributed by atoms with van der Waals surface area (Å²) in [5.74, 6) is 0. The van der Waals surface area contributed by atoms with Gasteiger partial charge in [0.25, 0.3) is 0 Å². The Hall–Kier alpha value is -3.03. The van der Waals surface area contributed by atoms with Crippen molar-refractivity contribution in [1.29, 1.82) is 0 Å². The zero-order valence-corrected chi connectivity index (χ0v) is 23.6. The highest BCUT2D eigenvalue weighted by atomic mass is 32.2. The number of ether oxygens (including phenoxy) is 1. The number of rotatable bonds is 14. The third kappa shape index (κ3) is 8.23. The van der Waals surface area contributed by atoms with E-state index >= 15 is 0 Å². The molecule has 0 amide bonds. The van der Waals surface area contributed by atoms with E-state index in [1.165, 1.54) is 11.1 Å². The molecule has 2 N–H and O–H groups in total. The van der Waals surface area contributed by atoms with Gasteiger partial charge in [-0.05, 0) is 61.5 Å². The van der Waals surface area contributed by atoms with Crippen molar-refractivity contribution < 1.29 is 13.2 Å². The lowest BCUT2D eigenvalue weighted by atomic mass is 9.94. The van der Waals surface area contributed by atoms with Crippen LogP contribution < -0.4 is 10.0 Å². The summed E-state index contributed by atoms with van der Waals surface area (Å²) in [4.78, 5) is 0.161. The van der Waals surface area contributed by atoms with Gasteiger partial charge >= 0.3 is 0 Å². The molecule has 0 fully saturated rings. The third-order valence-corrected chi connectivity index (χ3v) is 8.35. The zero-order chi connectivity index (χ0) is 27.5. The predicted octanol–water partition coefficient (Wildman–Crippen LogP) is 6.70. The fourth-order valence-corrected chi connectivity index (χ4v) is 6.25. The van der Waals surface area contributed by atoms with E-state index in [4.69, 9.17) is 4.74 Å². The summed E-state index contributed by atoms with van der Waals surface area (Å²) in [5.41, 5.74) is 5.52. The molecule has 0 radical (unpaired) electrons. The Morgan fingerprint density at radius 3 is 2.11 bits per heavy atom. The average Bonchev–Trinajstić information content (AvgIpc) is 2.91. The molecule has 2 unspecified atom stereocenters. The van der Waals surface area contributed by atoms with Crippen LogP contribution >= 0.6 is 0 Å². The van der Waals surface area contributed by atoms with Crippen molar-refractivity contribution in [2.24, 2.45) is 0 Å². The van der Waals surface area contributed by atoms with Gasteiger partial charge in [0, 0.05) is 6.54 Å². The molecular formula is C32H40N2O3S. The van der Waals surface area contributed by atoms with Crippen molar-refractivity contribution in [3.63, 3.8) is 0 Å². The largest absolute Gasteiger partial charge is 0.376 e. The van der Waals surface area contributed by atoms with E-state index in [-0.39, 0.29) is 10.9 Å². The maximum atomic E-state index is 13.7. The van der Waals surface area contributed by atoms with Gasteiger partial charge in [-0.1, -0.05) is 97.6 Å². The van der Waals surface area contributed by atoms with Gasteiger partial charge in [-0.2, -0.15) is 0 Å². The summed E-state index contributed by atoms with van der Waals surface area (Å²) < 4.78 is 36.4. The van der Waals surface area contributed by atoms with Crippen LogP contribution in [0.1, 0.15) is 56.8 Å². The summed E-state index contributed by atoms with van der Waals surface area (Å²) in [6, 6.07) is 18.6. The van der Waals surface area contributed by atoms with Gasteiger partial charge in [0.15, 0.2) is 0 Å². The maximum absolute atomic E-state index is 13.7. The molecular weight excluding hydrogens is 492 g/mol. The van der Waals surface area contributed by atoms with E-state index in [9.17, 15) is 8.42 Å². The molecule has 0 aromatic heterocycles. The molecule has 5 nitrogen and oxygen atoms in total. The van der Waals surface area contributed by atoms with Crippen LogP contribution in [0, 0.1) is 0 Å². The summed E-state index contributed by atoms with van der Waals surface area (Å²) in [6.45, 7) is 14.9. The molecule has 1 aliphatic rings. The van der Waals surface area contributed by atoms with Crippen LogP contribution in [0.4, 0.5) is 0 Å². The molecule has 0 aliphatic heterocycles. The first-order valence-electron chi connectivity index (χ1n) is 13.0. The number of allylic oxidation sites excluding steroid dienone is 6. The molecule has 38 heavy (non-hydrogen) atoms. The molecule has 0 saturated heterocycles. The summed E-state index contributed by atoms with van der Waals surface area (Å²) in [5, 5.41) is 3.57. The molecule has 0 bridgehead atoms. The van der Waals surface area contributed by atoms with E-state index < -0.39 is 16.1 Å². The Bertz CT molecular complexity index is 1290. The summed E-state index contributed by atoms with van der Waals surface area (Å²) in [7, 11) is -3.91. The Kier molecular flexibility index (Phi) is 11.0. The molecule has 6 heteroatoms. The summed E-state index contributed by atoms with van der Waals surface area (Å²) in [6.07, 6.45) is 7.96. The lowest BCUT2D eigenvalue weighted by Gasteiger charge is -2.30. The van der Waals surface area contributed by atoms with Crippen LogP contribution in [-0.2, 0) is 14.8 Å². The molecule has 0 spiro atoms. The van der Waals surface area contributed by atoms with E-state index in [1.807, 2.05) is 60.7 Å². The lowest BCUT2D eigenvalue weighted by Crippen LogP contribution is -2.40. The van der Waals surface area contributed by atoms with E-state index in [2.05, 4.69) is 42.3 Å². The van der Waals surface area contributed by atoms with Crippen molar-refractivity contribution in [1.82, 2.24) is 10.0 Å². The van der Waals surface area contributed by atoms with Gasteiger partial charge < -0.3 is 10.1 Å². The Labute approximate surface area is 228 Å². The van der Waals surface area contributed by atoms with E-state index in [1.54, 1.807) is 19.9 Å². The molecule has 0 heterocycles. The van der Waals surface area contributed by atoms with Crippen molar-refractivity contribution in [3.05, 3.63) is 130 Å². The highest BCUT2D eigenvalue weighted by Crippen LogP contribution is 2.32. The number of hydrogen-bond acceptors (Lipinski definition) is 4. The third-order valence-electron chi connectivity index (χ3n) is 6.58. The van der Waals surface area contributed by atoms with Crippen LogP contribution in [0.2, 0.25) is 0 Å². The first kappa shape index (κ1) is 29.5. The normalized spacial score (nSPS) is 16.1. The Morgan fingerprint density at radius 1 is 0.974 bits per heavy atom. The van der Waals surface area contributed by atoms with E-state index in [0.717, 1.165) is 24.0 Å². The highest BCUT2D eigenvalue weighted by Gasteiger charge is 2.31. The minimum Gasteiger partial charge on any atom is -0.376 e. The van der Waals surface area contributed by atoms with Crippen molar-refractivity contribution in [2.75, 3.05) is 19.8 Å². The molecule has 1 aliphatic carbocycles. The number of nitrogens with one attached hydrogen (secondary N) is 2. The maximum Gasteiger partial charge on any atom is 0.241 e. The molecule has 2 atom stereocenters. The minimum atomic E-state index is -3.91. The van der Waals surface area contributed by atoms with Crippen LogP contribution in [0.25, 0.3) is 0 Å². The molecule has 202 valence electrons. The fraction of sp³-hybridized carbons (Fsp3) is 0.312. The quantitative estimate of drug-likeness (QED) is 0.161. The number of hydrogen-bond donors (Lipinski definition) is 2. The van der Waals surface area contributed by atoms with Crippen LogP contribution in [0.15, 0.2) is 119 Å². The standard InChI is InChI=1S/C32H40N2O3S/c1-6-26(5)32(24(2)3)38(35,36)34-31(29-15-11-8-12-16-29)30(28-13-9-7-10-14-28)33-21-22-37-23-27-19-17-25(4)18-20-27/h6-17,20,30-31,33-34H,1-2,18-19,21-23H2,3-5H3. The number of sulfonamides is 1. The van der Waals surface area contributed by atoms with Gasteiger partial charge in [0.05, 0.1) is 30.2 Å². The first-order valence-corrected chi connectivity index (χ1v) is 14.5. The van der Waals surface area contributed by atoms with Crippen molar-refractivity contribution in [3.8, 4) is 0 Å². The second-order valence-electron chi connectivity index (χ2n) is 9.72. The minimum absolute atomic E-state index is 0.161. The zero-order valence-electron chi connectivity index (χ0n) is 22.7. The second-order valence-corrected chi connectivity index (χ2v) is 11.4. The van der Waals surface area contributed by atoms with Crippen LogP contribution in [-0.4, -0.2) is 28.2 Å². The van der Waals surface area contributed by atoms with Crippen molar-refractivity contribution in [2.45, 2.75) is 45.7 Å². The van der Waals surface area contributed by atoms with Crippen molar-refractivity contribution >= 4 is 10.0 Å². The number of benzene rings is 2. The fourth-order valence-electron chi connectivity index (χ4n) is 4.56. The van der Waals surface area contributed by atoms with E-state index in [0.29, 0.717) is 30.9 Å². The monoisotopic (exact) mass is 532 g/mol. The van der Waals surface area contributed by atoms with Gasteiger partial charge in [-0.3, -0.25) is 0 Å². The van der Waals surface area contributed by atoms with Gasteiger partial charge in [0.1, 0.15) is 0 Å². The Balaban J connectivity index is 1.86. The lowest BCUT2D eigenvalue weighted by molar-refractivity contribution is 0.152. The van der Waals surface area contributed by atoms with Gasteiger partial charge in [-0.25, -0.2) is 13.1 Å². The molecule has 2 aromatic rings. The first-order chi connectivity index (χ1) is 18.2. The smallest absolute Gasteiger partial charge is 0.241 e. The van der Waals surface area contributed by atoms with Gasteiger partial charge in [-0.15, -0.1) is 0 Å². The summed E-state index contributed by atoms with van der Waals surface area (Å²) >= 11 is 0. The highest BCUT2D eigenvalue weighted by molar-refractivity contribution is 7.93. The molecule has 0 saturated carbocycles. The second kappa shape index (κ2) is 14.2. The van der Waals surface area contributed by atoms with Gasteiger partial charge in [0.2, 0.25) is 10.0 Å².